The molecule has 1 aromatic rings. The summed E-state index contributed by atoms with van der Waals surface area (Å²) in [6, 6.07) is 1.73. The minimum absolute atomic E-state index is 0.623. The lowest BCUT2D eigenvalue weighted by Gasteiger charge is -1.91. The second-order valence-corrected chi connectivity index (χ2v) is 1.78. The lowest BCUT2D eigenvalue weighted by atomic mass is 10.6. The Hall–Kier alpha value is -1.51. The average molecular weight is 165 g/mol. The summed E-state index contributed by atoms with van der Waals surface area (Å²) in [6.45, 7) is 7.52. The second kappa shape index (κ2) is 6.22. The Morgan fingerprint density at radius 2 is 2.25 bits per heavy atom. The maximum atomic E-state index is 5.50. The van der Waals surface area contributed by atoms with Crippen LogP contribution in [-0.4, -0.2) is 9.78 Å². The number of aromatic nitrogens is 2. The van der Waals surface area contributed by atoms with E-state index in [1.807, 2.05) is 13.8 Å². The van der Waals surface area contributed by atoms with Crippen molar-refractivity contribution in [1.82, 2.24) is 9.78 Å². The lowest BCUT2D eigenvalue weighted by molar-refractivity contribution is 0.945. The van der Waals surface area contributed by atoms with E-state index in [4.69, 9.17) is 5.73 Å². The molecule has 3 nitrogen and oxygen atoms in total. The van der Waals surface area contributed by atoms with Crippen LogP contribution in [0.15, 0.2) is 31.0 Å². The molecular formula is C9H15N3. The molecule has 0 atom stereocenters. The molecule has 12 heavy (non-hydrogen) atoms. The summed E-state index contributed by atoms with van der Waals surface area (Å²) in [6.07, 6.45) is 6.82. The van der Waals surface area contributed by atoms with E-state index < -0.39 is 0 Å². The standard InChI is InChI=1S/C7H9N3.C2H6/c1-2-3-6-10-7(8)4-5-9-10;1-2/h2-6H,1,8H2;1-2H3/b6-3-;. The van der Waals surface area contributed by atoms with Gasteiger partial charge in [0.15, 0.2) is 0 Å². The van der Waals surface area contributed by atoms with Crippen LogP contribution in [0.4, 0.5) is 5.82 Å². The highest BCUT2D eigenvalue weighted by molar-refractivity contribution is 5.38. The number of hydrogen-bond acceptors (Lipinski definition) is 2. The fraction of sp³-hybridized carbons (Fsp3) is 0.222. The van der Waals surface area contributed by atoms with E-state index in [1.165, 1.54) is 0 Å². The third-order valence-corrected chi connectivity index (χ3v) is 1.06. The predicted octanol–water partition coefficient (Wildman–Crippen LogP) is 2.15. The summed E-state index contributed by atoms with van der Waals surface area (Å²) < 4.78 is 1.57. The highest BCUT2D eigenvalue weighted by Crippen LogP contribution is 1.98. The molecule has 0 aliphatic rings. The van der Waals surface area contributed by atoms with E-state index in [0.717, 1.165) is 0 Å². The molecule has 0 unspecified atom stereocenters. The van der Waals surface area contributed by atoms with Crippen molar-refractivity contribution < 1.29 is 0 Å². The maximum absolute atomic E-state index is 5.50. The molecule has 1 aromatic heterocycles. The summed E-state index contributed by atoms with van der Waals surface area (Å²) in [5.41, 5.74) is 5.50. The molecule has 0 saturated heterocycles. The molecule has 0 aromatic carbocycles. The van der Waals surface area contributed by atoms with Gasteiger partial charge in [0.2, 0.25) is 0 Å². The Bertz CT molecular complexity index is 248. The van der Waals surface area contributed by atoms with Crippen LogP contribution in [0.2, 0.25) is 0 Å². The minimum Gasteiger partial charge on any atom is -0.384 e. The Labute approximate surface area is 73.2 Å². The summed E-state index contributed by atoms with van der Waals surface area (Å²) in [4.78, 5) is 0. The molecular weight excluding hydrogens is 150 g/mol. The van der Waals surface area contributed by atoms with Crippen molar-refractivity contribution in [1.29, 1.82) is 0 Å². The van der Waals surface area contributed by atoms with Gasteiger partial charge < -0.3 is 5.73 Å². The number of anilines is 1. The topological polar surface area (TPSA) is 43.8 Å². The quantitative estimate of drug-likeness (QED) is 0.682. The summed E-state index contributed by atoms with van der Waals surface area (Å²) in [5.74, 6) is 0.623. The van der Waals surface area contributed by atoms with E-state index in [9.17, 15) is 0 Å². The van der Waals surface area contributed by atoms with E-state index in [1.54, 1.807) is 35.3 Å². The molecule has 0 radical (unpaired) electrons. The van der Waals surface area contributed by atoms with Gasteiger partial charge in [0.05, 0.1) is 6.20 Å². The third-order valence-electron chi connectivity index (χ3n) is 1.06. The Morgan fingerprint density at radius 3 is 2.67 bits per heavy atom. The number of allylic oxidation sites excluding steroid dienone is 2. The largest absolute Gasteiger partial charge is 0.384 e. The Kier molecular flexibility index (Phi) is 5.43. The number of nitrogens with two attached hydrogens (primary N) is 1. The number of nitrogen functional groups attached to an aromatic ring is 1. The van der Waals surface area contributed by atoms with Gasteiger partial charge >= 0.3 is 0 Å². The third kappa shape index (κ3) is 3.05. The van der Waals surface area contributed by atoms with E-state index in [0.29, 0.717) is 5.82 Å². The molecule has 3 heteroatoms. The van der Waals surface area contributed by atoms with E-state index in [-0.39, 0.29) is 0 Å². The molecule has 0 aliphatic heterocycles. The van der Waals surface area contributed by atoms with Gasteiger partial charge in [-0.3, -0.25) is 0 Å². The van der Waals surface area contributed by atoms with Gasteiger partial charge in [-0.1, -0.05) is 26.5 Å². The van der Waals surface area contributed by atoms with Gasteiger partial charge in [-0.15, -0.1) is 0 Å². The second-order valence-electron chi connectivity index (χ2n) is 1.78. The monoisotopic (exact) mass is 165 g/mol. The molecule has 0 amide bonds. The number of hydrogen-bond donors (Lipinski definition) is 1. The van der Waals surface area contributed by atoms with Crippen LogP contribution in [0.3, 0.4) is 0 Å². The molecule has 0 spiro atoms. The van der Waals surface area contributed by atoms with Crippen molar-refractivity contribution in [2.24, 2.45) is 0 Å². The molecule has 0 bridgehead atoms. The van der Waals surface area contributed by atoms with Crippen LogP contribution in [0.25, 0.3) is 6.20 Å². The van der Waals surface area contributed by atoms with Crippen molar-refractivity contribution in [2.45, 2.75) is 13.8 Å². The Balaban J connectivity index is 0.000000561. The number of rotatable bonds is 2. The summed E-state index contributed by atoms with van der Waals surface area (Å²) >= 11 is 0. The summed E-state index contributed by atoms with van der Waals surface area (Å²) in [5, 5.41) is 3.91. The van der Waals surface area contributed by atoms with Crippen LogP contribution in [-0.2, 0) is 0 Å². The minimum atomic E-state index is 0.623. The first-order chi connectivity index (χ1) is 5.84. The molecule has 0 aliphatic carbocycles. The van der Waals surface area contributed by atoms with Crippen molar-refractivity contribution in [3.63, 3.8) is 0 Å². The molecule has 0 fully saturated rings. The highest BCUT2D eigenvalue weighted by atomic mass is 15.3. The van der Waals surface area contributed by atoms with E-state index >= 15 is 0 Å². The van der Waals surface area contributed by atoms with Gasteiger partial charge in [-0.05, 0) is 6.08 Å². The first kappa shape index (κ1) is 10.5. The van der Waals surface area contributed by atoms with Crippen LogP contribution in [0.5, 0.6) is 0 Å². The molecule has 0 saturated carbocycles. The molecule has 1 rings (SSSR count). The van der Waals surface area contributed by atoms with Crippen molar-refractivity contribution in [3.05, 3.63) is 31.0 Å². The summed E-state index contributed by atoms with van der Waals surface area (Å²) in [7, 11) is 0. The lowest BCUT2D eigenvalue weighted by Crippen LogP contribution is -1.95. The van der Waals surface area contributed by atoms with Crippen LogP contribution in [0, 0.1) is 0 Å². The van der Waals surface area contributed by atoms with Crippen LogP contribution in [0.1, 0.15) is 13.8 Å². The maximum Gasteiger partial charge on any atom is 0.126 e. The number of nitrogens with zero attached hydrogens (tertiary/aromatic N) is 2. The normalized spacial score (nSPS) is 9.17. The smallest absolute Gasteiger partial charge is 0.126 e. The van der Waals surface area contributed by atoms with Gasteiger partial charge in [0.1, 0.15) is 5.82 Å². The van der Waals surface area contributed by atoms with Crippen LogP contribution < -0.4 is 5.73 Å². The van der Waals surface area contributed by atoms with Gasteiger partial charge in [-0.2, -0.15) is 5.10 Å². The SMILES string of the molecule is C=C/C=C\n1nccc1N.CC. The zero-order chi connectivity index (χ0) is 9.40. The van der Waals surface area contributed by atoms with Crippen molar-refractivity contribution >= 4 is 12.0 Å². The van der Waals surface area contributed by atoms with Crippen LogP contribution >= 0.6 is 0 Å². The predicted molar refractivity (Wildman–Crippen MR) is 53.5 cm³/mol. The first-order valence-corrected chi connectivity index (χ1v) is 3.93. The molecule has 66 valence electrons. The van der Waals surface area contributed by atoms with Gasteiger partial charge in [0.25, 0.3) is 0 Å². The molecule has 2 N–H and O–H groups in total. The zero-order valence-corrected chi connectivity index (χ0v) is 7.57. The average Bonchev–Trinajstić information content (AvgIpc) is 2.51. The Morgan fingerprint density at radius 1 is 1.58 bits per heavy atom. The first-order valence-electron chi connectivity index (χ1n) is 3.93. The van der Waals surface area contributed by atoms with Gasteiger partial charge in [0, 0.05) is 12.3 Å². The van der Waals surface area contributed by atoms with Gasteiger partial charge in [-0.25, -0.2) is 4.68 Å². The molecule has 1 heterocycles. The van der Waals surface area contributed by atoms with E-state index in [2.05, 4.69) is 11.7 Å². The fourth-order valence-electron chi connectivity index (χ4n) is 0.591. The highest BCUT2D eigenvalue weighted by Gasteiger charge is 1.88. The van der Waals surface area contributed by atoms with Crippen molar-refractivity contribution in [2.75, 3.05) is 5.73 Å². The van der Waals surface area contributed by atoms with Crippen molar-refractivity contribution in [3.8, 4) is 0 Å². The fourth-order valence-corrected chi connectivity index (χ4v) is 0.591. The zero-order valence-electron chi connectivity index (χ0n) is 7.57.